The van der Waals surface area contributed by atoms with Crippen LogP contribution in [-0.4, -0.2) is 4.98 Å². The van der Waals surface area contributed by atoms with Gasteiger partial charge in [0.25, 0.3) is 0 Å². The van der Waals surface area contributed by atoms with Gasteiger partial charge in [-0.2, -0.15) is 0 Å². The molecule has 0 aliphatic rings. The van der Waals surface area contributed by atoms with Gasteiger partial charge in [0.1, 0.15) is 0 Å². The first-order valence-corrected chi connectivity index (χ1v) is 6.42. The Morgan fingerprint density at radius 3 is 2.88 bits per heavy atom. The molecule has 4 heteroatoms. The highest BCUT2D eigenvalue weighted by molar-refractivity contribution is 9.10. The normalized spacial score (nSPS) is 10.3. The summed E-state index contributed by atoms with van der Waals surface area (Å²) < 4.78 is 1.10. The van der Waals surface area contributed by atoms with Crippen molar-refractivity contribution in [1.82, 2.24) is 4.98 Å². The number of halogens is 2. The Labute approximate surface area is 114 Å². The lowest BCUT2D eigenvalue weighted by molar-refractivity contribution is 1.12. The van der Waals surface area contributed by atoms with Gasteiger partial charge >= 0.3 is 0 Å². The molecule has 0 amide bonds. The van der Waals surface area contributed by atoms with Crippen molar-refractivity contribution >= 4 is 33.2 Å². The first-order chi connectivity index (χ1) is 8.16. The first-order valence-electron chi connectivity index (χ1n) is 5.25. The third kappa shape index (κ3) is 3.20. The second kappa shape index (κ2) is 5.52. The number of aryl methyl sites for hydroxylation is 1. The molecule has 0 spiro atoms. The molecule has 0 aliphatic carbocycles. The molecule has 2 nitrogen and oxygen atoms in total. The molecular formula is C13H12BrClN2. The summed E-state index contributed by atoms with van der Waals surface area (Å²) in [5.74, 6) is 0. The average Bonchev–Trinajstić information content (AvgIpc) is 2.30. The lowest BCUT2D eigenvalue weighted by Gasteiger charge is -2.09. The minimum absolute atomic E-state index is 0.684. The van der Waals surface area contributed by atoms with Crippen LogP contribution < -0.4 is 5.32 Å². The summed E-state index contributed by atoms with van der Waals surface area (Å²) in [5.41, 5.74) is 3.28. The fourth-order valence-corrected chi connectivity index (χ4v) is 2.30. The number of pyridine rings is 1. The van der Waals surface area contributed by atoms with Gasteiger partial charge in [-0.25, -0.2) is 0 Å². The molecule has 0 bridgehead atoms. The zero-order chi connectivity index (χ0) is 12.3. The molecule has 0 radical (unpaired) electrons. The summed E-state index contributed by atoms with van der Waals surface area (Å²) in [7, 11) is 0. The molecule has 1 aromatic carbocycles. The van der Waals surface area contributed by atoms with E-state index in [0.29, 0.717) is 11.6 Å². The zero-order valence-electron chi connectivity index (χ0n) is 9.37. The largest absolute Gasteiger partial charge is 0.378 e. The molecule has 0 aliphatic heterocycles. The second-order valence-electron chi connectivity index (χ2n) is 3.80. The topological polar surface area (TPSA) is 24.9 Å². The van der Waals surface area contributed by atoms with Crippen LogP contribution >= 0.6 is 27.5 Å². The highest BCUT2D eigenvalue weighted by Crippen LogP contribution is 2.23. The van der Waals surface area contributed by atoms with Gasteiger partial charge in [-0.05, 0) is 30.2 Å². The summed E-state index contributed by atoms with van der Waals surface area (Å²) in [6, 6.07) is 8.05. The molecule has 1 heterocycles. The van der Waals surface area contributed by atoms with E-state index in [1.54, 1.807) is 18.5 Å². The Morgan fingerprint density at radius 1 is 1.35 bits per heavy atom. The Bertz CT molecular complexity index is 529. The maximum Gasteiger partial charge on any atom is 0.0718 e. The van der Waals surface area contributed by atoms with Crippen LogP contribution in [0.4, 0.5) is 5.69 Å². The van der Waals surface area contributed by atoms with Crippen LogP contribution in [0.15, 0.2) is 41.1 Å². The molecule has 0 unspecified atom stereocenters. The van der Waals surface area contributed by atoms with Gasteiger partial charge in [-0.15, -0.1) is 0 Å². The quantitative estimate of drug-likeness (QED) is 0.907. The van der Waals surface area contributed by atoms with E-state index in [-0.39, 0.29) is 0 Å². The monoisotopic (exact) mass is 310 g/mol. The van der Waals surface area contributed by atoms with Crippen molar-refractivity contribution in [3.8, 4) is 0 Å². The minimum Gasteiger partial charge on any atom is -0.378 e. The lowest BCUT2D eigenvalue weighted by Crippen LogP contribution is -2.01. The van der Waals surface area contributed by atoms with E-state index in [0.717, 1.165) is 10.2 Å². The number of hydrogen-bond donors (Lipinski definition) is 1. The van der Waals surface area contributed by atoms with Crippen LogP contribution in [0.1, 0.15) is 11.1 Å². The van der Waals surface area contributed by atoms with Gasteiger partial charge in [-0.1, -0.05) is 39.7 Å². The highest BCUT2D eigenvalue weighted by atomic mass is 79.9. The van der Waals surface area contributed by atoms with E-state index < -0.39 is 0 Å². The average molecular weight is 312 g/mol. The van der Waals surface area contributed by atoms with Crippen LogP contribution in [0.25, 0.3) is 0 Å². The number of aromatic nitrogens is 1. The van der Waals surface area contributed by atoms with E-state index in [1.165, 1.54) is 11.1 Å². The van der Waals surface area contributed by atoms with E-state index in [2.05, 4.69) is 51.4 Å². The SMILES string of the molecule is Cc1ccc(CNc2cnccc2Cl)c(Br)c1. The third-order valence-electron chi connectivity index (χ3n) is 2.45. The fraction of sp³-hybridized carbons (Fsp3) is 0.154. The predicted molar refractivity (Wildman–Crippen MR) is 75.5 cm³/mol. The van der Waals surface area contributed by atoms with Crippen molar-refractivity contribution in [1.29, 1.82) is 0 Å². The van der Waals surface area contributed by atoms with Crippen LogP contribution in [0.2, 0.25) is 5.02 Å². The molecule has 1 N–H and O–H groups in total. The Morgan fingerprint density at radius 2 is 2.18 bits per heavy atom. The van der Waals surface area contributed by atoms with Crippen LogP contribution in [0.3, 0.4) is 0 Å². The number of rotatable bonds is 3. The van der Waals surface area contributed by atoms with E-state index >= 15 is 0 Å². The molecule has 0 atom stereocenters. The Hall–Kier alpha value is -1.06. The summed E-state index contributed by atoms with van der Waals surface area (Å²) in [5, 5.41) is 3.95. The second-order valence-corrected chi connectivity index (χ2v) is 5.07. The Kier molecular flexibility index (Phi) is 4.02. The summed E-state index contributed by atoms with van der Waals surface area (Å²) in [4.78, 5) is 4.04. The molecule has 2 aromatic rings. The minimum atomic E-state index is 0.684. The van der Waals surface area contributed by atoms with Crippen molar-refractivity contribution in [2.75, 3.05) is 5.32 Å². The maximum atomic E-state index is 6.04. The molecule has 88 valence electrons. The smallest absolute Gasteiger partial charge is 0.0718 e. The molecule has 2 rings (SSSR count). The number of benzene rings is 1. The maximum absolute atomic E-state index is 6.04. The van der Waals surface area contributed by atoms with Crippen LogP contribution in [-0.2, 0) is 6.54 Å². The summed E-state index contributed by atoms with van der Waals surface area (Å²) in [6.07, 6.45) is 3.40. The van der Waals surface area contributed by atoms with Crippen molar-refractivity contribution in [3.63, 3.8) is 0 Å². The van der Waals surface area contributed by atoms with Gasteiger partial charge in [0.15, 0.2) is 0 Å². The zero-order valence-corrected chi connectivity index (χ0v) is 11.7. The van der Waals surface area contributed by atoms with Gasteiger partial charge in [0, 0.05) is 17.2 Å². The van der Waals surface area contributed by atoms with Crippen LogP contribution in [0, 0.1) is 6.92 Å². The molecular weight excluding hydrogens is 300 g/mol. The van der Waals surface area contributed by atoms with E-state index in [1.807, 2.05) is 0 Å². The molecule has 1 aromatic heterocycles. The lowest BCUT2D eigenvalue weighted by atomic mass is 10.1. The standard InChI is InChI=1S/C13H12BrClN2/c1-9-2-3-10(11(14)6-9)7-17-13-8-16-5-4-12(13)15/h2-6,8,17H,7H2,1H3. The first kappa shape index (κ1) is 12.4. The van der Waals surface area contributed by atoms with Crippen LogP contribution in [0.5, 0.6) is 0 Å². The summed E-state index contributed by atoms with van der Waals surface area (Å²) >= 11 is 9.59. The van der Waals surface area contributed by atoms with Crippen molar-refractivity contribution in [2.24, 2.45) is 0 Å². The van der Waals surface area contributed by atoms with Gasteiger partial charge in [-0.3, -0.25) is 4.98 Å². The highest BCUT2D eigenvalue weighted by Gasteiger charge is 2.02. The van der Waals surface area contributed by atoms with Gasteiger partial charge in [0.05, 0.1) is 16.9 Å². The fourth-order valence-electron chi connectivity index (χ4n) is 1.49. The van der Waals surface area contributed by atoms with Gasteiger partial charge < -0.3 is 5.32 Å². The molecule has 0 fully saturated rings. The van der Waals surface area contributed by atoms with E-state index in [4.69, 9.17) is 11.6 Å². The molecule has 17 heavy (non-hydrogen) atoms. The van der Waals surface area contributed by atoms with Crippen molar-refractivity contribution < 1.29 is 0 Å². The van der Waals surface area contributed by atoms with Crippen molar-refractivity contribution in [2.45, 2.75) is 13.5 Å². The number of nitrogens with one attached hydrogen (secondary N) is 1. The third-order valence-corrected chi connectivity index (χ3v) is 3.51. The Balaban J connectivity index is 2.10. The molecule has 0 saturated carbocycles. The van der Waals surface area contributed by atoms with Crippen molar-refractivity contribution in [3.05, 3.63) is 57.3 Å². The predicted octanol–water partition coefficient (Wildman–Crippen LogP) is 4.42. The number of anilines is 1. The summed E-state index contributed by atoms with van der Waals surface area (Å²) in [6.45, 7) is 2.78. The van der Waals surface area contributed by atoms with Gasteiger partial charge in [0.2, 0.25) is 0 Å². The number of nitrogens with zero attached hydrogens (tertiary/aromatic N) is 1. The van der Waals surface area contributed by atoms with E-state index in [9.17, 15) is 0 Å². The molecule has 0 saturated heterocycles. The number of hydrogen-bond acceptors (Lipinski definition) is 2.